The second-order valence-electron chi connectivity index (χ2n) is 6.48. The largest absolute Gasteiger partial charge is 0.390 e. The summed E-state index contributed by atoms with van der Waals surface area (Å²) in [6, 6.07) is 1.91. The first kappa shape index (κ1) is 17.6. The molecule has 0 saturated carbocycles. The normalized spacial score (nSPS) is 15.0. The number of aryl methyl sites for hydroxylation is 3. The predicted octanol–water partition coefficient (Wildman–Crippen LogP) is 1.05. The van der Waals surface area contributed by atoms with E-state index >= 15 is 0 Å². The molecule has 8 heteroatoms. The molecule has 0 saturated heterocycles. The van der Waals surface area contributed by atoms with Gasteiger partial charge in [0.2, 0.25) is 5.91 Å². The number of aromatic nitrogens is 4. The van der Waals surface area contributed by atoms with Crippen LogP contribution in [0.3, 0.4) is 0 Å². The molecule has 0 spiro atoms. The van der Waals surface area contributed by atoms with Crippen LogP contribution >= 0.6 is 0 Å². The summed E-state index contributed by atoms with van der Waals surface area (Å²) in [6.07, 6.45) is 0.929. The van der Waals surface area contributed by atoms with Crippen LogP contribution in [0.2, 0.25) is 0 Å². The molecule has 3 heterocycles. The van der Waals surface area contributed by atoms with Gasteiger partial charge in [-0.1, -0.05) is 0 Å². The Morgan fingerprint density at radius 2 is 2.12 bits per heavy atom. The lowest BCUT2D eigenvalue weighted by atomic mass is 10.3. The molecule has 0 aromatic carbocycles. The van der Waals surface area contributed by atoms with E-state index in [1.807, 2.05) is 36.2 Å². The maximum absolute atomic E-state index is 12.5. The number of amides is 1. The molecule has 25 heavy (non-hydrogen) atoms. The highest BCUT2D eigenvalue weighted by Gasteiger charge is 2.20. The van der Waals surface area contributed by atoms with Gasteiger partial charge in [-0.2, -0.15) is 10.2 Å². The Morgan fingerprint density at radius 3 is 2.80 bits per heavy atom. The first-order valence-electron chi connectivity index (χ1n) is 8.74. The summed E-state index contributed by atoms with van der Waals surface area (Å²) in [4.78, 5) is 14.6. The zero-order valence-electron chi connectivity index (χ0n) is 15.1. The number of hydrogen-bond acceptors (Lipinski definition) is 5. The topological polar surface area (TPSA) is 88.2 Å². The van der Waals surface area contributed by atoms with Crippen LogP contribution in [0.1, 0.15) is 36.1 Å². The minimum absolute atomic E-state index is 0.0304. The van der Waals surface area contributed by atoms with Gasteiger partial charge in [-0.3, -0.25) is 19.1 Å². The molecule has 2 aromatic rings. The summed E-state index contributed by atoms with van der Waals surface area (Å²) in [5.41, 5.74) is 4.36. The summed E-state index contributed by atoms with van der Waals surface area (Å²) >= 11 is 0. The van der Waals surface area contributed by atoms with Crippen molar-refractivity contribution in [2.24, 2.45) is 0 Å². The van der Waals surface area contributed by atoms with Crippen molar-refractivity contribution < 1.29 is 9.90 Å². The molecule has 8 nitrogen and oxygen atoms in total. The van der Waals surface area contributed by atoms with Gasteiger partial charge in [0.1, 0.15) is 0 Å². The molecular formula is C17H26N6O2. The van der Waals surface area contributed by atoms with Crippen molar-refractivity contribution in [2.45, 2.75) is 53.4 Å². The minimum Gasteiger partial charge on any atom is -0.390 e. The zero-order chi connectivity index (χ0) is 18.0. The summed E-state index contributed by atoms with van der Waals surface area (Å²) in [5.74, 6) is -0.0304. The smallest absolute Gasteiger partial charge is 0.238 e. The molecular weight excluding hydrogens is 320 g/mol. The van der Waals surface area contributed by atoms with Crippen molar-refractivity contribution in [3.05, 3.63) is 28.8 Å². The van der Waals surface area contributed by atoms with E-state index in [1.165, 1.54) is 0 Å². The monoisotopic (exact) mass is 346 g/mol. The second-order valence-corrected chi connectivity index (χ2v) is 6.48. The van der Waals surface area contributed by atoms with Crippen molar-refractivity contribution >= 4 is 11.6 Å². The van der Waals surface area contributed by atoms with Crippen molar-refractivity contribution in [2.75, 3.05) is 18.4 Å². The average Bonchev–Trinajstić information content (AvgIpc) is 3.03. The number of anilines is 1. The third-order valence-electron chi connectivity index (χ3n) is 4.62. The number of rotatable bonds is 5. The van der Waals surface area contributed by atoms with Crippen LogP contribution in [0.15, 0.2) is 6.07 Å². The summed E-state index contributed by atoms with van der Waals surface area (Å²) in [7, 11) is 0. The second kappa shape index (κ2) is 7.37. The number of nitrogens with one attached hydrogen (secondary N) is 1. The van der Waals surface area contributed by atoms with Crippen LogP contribution in [0.25, 0.3) is 0 Å². The number of nitrogens with zero attached hydrogens (tertiary/aromatic N) is 5. The summed E-state index contributed by atoms with van der Waals surface area (Å²) in [6.45, 7) is 9.29. The Bertz CT molecular complexity index is 764. The van der Waals surface area contributed by atoms with E-state index in [2.05, 4.69) is 20.4 Å². The molecule has 2 aromatic heterocycles. The van der Waals surface area contributed by atoms with E-state index in [0.29, 0.717) is 18.8 Å². The van der Waals surface area contributed by atoms with E-state index in [9.17, 15) is 9.90 Å². The number of carbonyl (C=O) groups excluding carboxylic acids is 1. The predicted molar refractivity (Wildman–Crippen MR) is 94.0 cm³/mol. The van der Waals surface area contributed by atoms with Gasteiger partial charge in [-0.25, -0.2) is 0 Å². The quantitative estimate of drug-likeness (QED) is 0.845. The highest BCUT2D eigenvalue weighted by atomic mass is 16.3. The Hall–Kier alpha value is -2.19. The lowest BCUT2D eigenvalue weighted by Crippen LogP contribution is -2.33. The van der Waals surface area contributed by atoms with Gasteiger partial charge in [0.25, 0.3) is 0 Å². The lowest BCUT2D eigenvalue weighted by Gasteiger charge is -2.19. The Morgan fingerprint density at radius 1 is 1.32 bits per heavy atom. The third-order valence-corrected chi connectivity index (χ3v) is 4.62. The fourth-order valence-electron chi connectivity index (χ4n) is 3.37. The Kier molecular flexibility index (Phi) is 5.19. The molecule has 0 aliphatic carbocycles. The first-order chi connectivity index (χ1) is 12.0. The number of fused-ring (bicyclic) bond motifs is 1. The third kappa shape index (κ3) is 3.74. The van der Waals surface area contributed by atoms with Crippen LogP contribution in [0.4, 0.5) is 5.69 Å². The zero-order valence-corrected chi connectivity index (χ0v) is 15.1. The maximum atomic E-state index is 12.5. The van der Waals surface area contributed by atoms with Gasteiger partial charge >= 0.3 is 0 Å². The molecule has 1 aliphatic rings. The lowest BCUT2D eigenvalue weighted by molar-refractivity contribution is -0.117. The molecule has 136 valence electrons. The molecule has 3 rings (SSSR count). The first-order valence-corrected chi connectivity index (χ1v) is 8.74. The van der Waals surface area contributed by atoms with Gasteiger partial charge in [0.05, 0.1) is 41.6 Å². The van der Waals surface area contributed by atoms with Gasteiger partial charge in [-0.15, -0.1) is 0 Å². The molecule has 0 bridgehead atoms. The van der Waals surface area contributed by atoms with Crippen LogP contribution in [0, 0.1) is 13.8 Å². The number of hydrogen-bond donors (Lipinski definition) is 2. The highest BCUT2D eigenvalue weighted by Crippen LogP contribution is 2.20. The maximum Gasteiger partial charge on any atom is 0.238 e. The standard InChI is InChI=1S/C17H26N6O2/c1-4-22-13(3)17(12(2)19-22)18-16(25)10-21-6-5-7-23-15(9-21)8-14(11-24)20-23/h8,24H,4-7,9-11H2,1-3H3,(H,18,25). The van der Waals surface area contributed by atoms with Crippen LogP contribution < -0.4 is 5.32 Å². The summed E-state index contributed by atoms with van der Waals surface area (Å²) < 4.78 is 3.83. The van der Waals surface area contributed by atoms with Crippen molar-refractivity contribution in [3.63, 3.8) is 0 Å². The molecule has 1 amide bonds. The Balaban J connectivity index is 1.66. The molecule has 0 unspecified atom stereocenters. The van der Waals surface area contributed by atoms with E-state index in [0.717, 1.165) is 48.8 Å². The molecule has 2 N–H and O–H groups in total. The van der Waals surface area contributed by atoms with Crippen LogP contribution in [-0.4, -0.2) is 48.6 Å². The van der Waals surface area contributed by atoms with Crippen molar-refractivity contribution in [1.82, 2.24) is 24.5 Å². The van der Waals surface area contributed by atoms with E-state index in [1.54, 1.807) is 0 Å². The van der Waals surface area contributed by atoms with Gasteiger partial charge in [0, 0.05) is 26.2 Å². The molecule has 0 fully saturated rings. The number of aliphatic hydroxyl groups excluding tert-OH is 1. The average molecular weight is 346 g/mol. The molecule has 0 radical (unpaired) electrons. The number of carbonyl (C=O) groups is 1. The van der Waals surface area contributed by atoms with E-state index < -0.39 is 0 Å². The minimum atomic E-state index is -0.0551. The van der Waals surface area contributed by atoms with Crippen molar-refractivity contribution in [3.8, 4) is 0 Å². The number of aliphatic hydroxyl groups is 1. The van der Waals surface area contributed by atoms with Gasteiger partial charge < -0.3 is 10.4 Å². The van der Waals surface area contributed by atoms with Crippen LogP contribution in [0.5, 0.6) is 0 Å². The fraction of sp³-hybridized carbons (Fsp3) is 0.588. The molecule has 1 aliphatic heterocycles. The van der Waals surface area contributed by atoms with Gasteiger partial charge in [-0.05, 0) is 33.3 Å². The molecule has 0 atom stereocenters. The Labute approximate surface area is 147 Å². The van der Waals surface area contributed by atoms with Crippen molar-refractivity contribution in [1.29, 1.82) is 0 Å². The SMILES string of the molecule is CCn1nc(C)c(NC(=O)CN2CCCn3nc(CO)cc3C2)c1C. The van der Waals surface area contributed by atoms with E-state index in [4.69, 9.17) is 0 Å². The van der Waals surface area contributed by atoms with Crippen LogP contribution in [-0.2, 0) is 31.0 Å². The van der Waals surface area contributed by atoms with E-state index in [-0.39, 0.29) is 12.5 Å². The fourth-order valence-corrected chi connectivity index (χ4v) is 3.37. The highest BCUT2D eigenvalue weighted by molar-refractivity contribution is 5.93. The summed E-state index contributed by atoms with van der Waals surface area (Å²) in [5, 5.41) is 21.1. The van der Waals surface area contributed by atoms with Gasteiger partial charge in [0.15, 0.2) is 0 Å².